The van der Waals surface area contributed by atoms with E-state index in [1.807, 2.05) is 23.4 Å². The number of carbonyl (C=O) groups excluding carboxylic acids is 2. The summed E-state index contributed by atoms with van der Waals surface area (Å²) in [7, 11) is 1.59. The second kappa shape index (κ2) is 9.01. The van der Waals surface area contributed by atoms with Crippen LogP contribution in [0.15, 0.2) is 10.7 Å². The van der Waals surface area contributed by atoms with Crippen LogP contribution in [0.5, 0.6) is 0 Å². The van der Waals surface area contributed by atoms with Gasteiger partial charge in [-0.2, -0.15) is 0 Å². The van der Waals surface area contributed by atoms with Crippen molar-refractivity contribution in [2.24, 2.45) is 5.41 Å². The van der Waals surface area contributed by atoms with Crippen LogP contribution < -0.4 is 0 Å². The van der Waals surface area contributed by atoms with Gasteiger partial charge in [0.25, 0.3) is 11.8 Å². The van der Waals surface area contributed by atoms with Gasteiger partial charge in [-0.1, -0.05) is 10.4 Å². The van der Waals surface area contributed by atoms with E-state index in [0.717, 1.165) is 25.7 Å². The van der Waals surface area contributed by atoms with E-state index in [2.05, 4.69) is 15.5 Å². The lowest BCUT2D eigenvalue weighted by atomic mass is 9.59. The topological polar surface area (TPSA) is 107 Å². The van der Waals surface area contributed by atoms with Gasteiger partial charge in [-0.15, -0.1) is 5.10 Å². The molecule has 0 radical (unpaired) electrons. The van der Waals surface area contributed by atoms with E-state index >= 15 is 0 Å². The van der Waals surface area contributed by atoms with Crippen LogP contribution in [-0.2, 0) is 11.3 Å². The molecule has 2 amide bonds. The minimum Gasteiger partial charge on any atom is -0.380 e. The molecule has 10 nitrogen and oxygen atoms in total. The number of nitrogens with zero attached hydrogens (tertiary/aromatic N) is 6. The number of ether oxygens (including phenoxy) is 1. The van der Waals surface area contributed by atoms with Crippen LogP contribution in [0.1, 0.15) is 77.9 Å². The number of rotatable bonds is 7. The molecule has 32 heavy (non-hydrogen) atoms. The summed E-state index contributed by atoms with van der Waals surface area (Å²) in [5, 5.41) is 12.4. The Morgan fingerprint density at radius 2 is 1.97 bits per heavy atom. The van der Waals surface area contributed by atoms with Crippen molar-refractivity contribution in [3.05, 3.63) is 28.9 Å². The molecule has 1 aliphatic heterocycles. The summed E-state index contributed by atoms with van der Waals surface area (Å²) in [6, 6.07) is 0.212. The zero-order valence-electron chi connectivity index (χ0n) is 19.3. The Morgan fingerprint density at radius 3 is 2.56 bits per heavy atom. The molecule has 1 atom stereocenters. The normalized spacial score (nSPS) is 19.8. The summed E-state index contributed by atoms with van der Waals surface area (Å²) in [6.45, 7) is 8.63. The number of hydrogen-bond acceptors (Lipinski definition) is 7. The molecule has 1 spiro atoms. The first-order valence-electron chi connectivity index (χ1n) is 11.4. The van der Waals surface area contributed by atoms with Gasteiger partial charge >= 0.3 is 0 Å². The fraction of sp³-hybridized carbons (Fsp3) is 0.682. The lowest BCUT2D eigenvalue weighted by Crippen LogP contribution is -2.51. The van der Waals surface area contributed by atoms with Crippen LogP contribution in [0.25, 0.3) is 0 Å². The first-order valence-corrected chi connectivity index (χ1v) is 11.4. The minimum absolute atomic E-state index is 0.0789. The van der Waals surface area contributed by atoms with Crippen molar-refractivity contribution in [3.63, 3.8) is 0 Å². The maximum absolute atomic E-state index is 13.1. The van der Waals surface area contributed by atoms with Crippen LogP contribution in [0.2, 0.25) is 0 Å². The van der Waals surface area contributed by atoms with Crippen molar-refractivity contribution in [2.75, 3.05) is 33.3 Å². The third-order valence-electron chi connectivity index (χ3n) is 7.24. The lowest BCUT2D eigenvalue weighted by molar-refractivity contribution is -0.0270. The minimum atomic E-state index is -0.104. The van der Waals surface area contributed by atoms with Gasteiger partial charge in [0, 0.05) is 33.3 Å². The second-order valence-electron chi connectivity index (χ2n) is 8.77. The highest BCUT2D eigenvalue weighted by Gasteiger charge is 2.50. The predicted molar refractivity (Wildman–Crippen MR) is 115 cm³/mol. The highest BCUT2D eigenvalue weighted by atomic mass is 16.5. The van der Waals surface area contributed by atoms with Gasteiger partial charge in [0.2, 0.25) is 0 Å². The summed E-state index contributed by atoms with van der Waals surface area (Å²) < 4.78 is 12.3. The Morgan fingerprint density at radius 1 is 1.25 bits per heavy atom. The van der Waals surface area contributed by atoms with E-state index in [1.165, 1.54) is 0 Å². The summed E-state index contributed by atoms with van der Waals surface area (Å²) in [5.41, 5.74) is 1.55. The molecular weight excluding hydrogens is 412 g/mol. The smallest absolute Gasteiger partial charge is 0.276 e. The molecule has 10 heteroatoms. The number of piperidine rings is 1. The summed E-state index contributed by atoms with van der Waals surface area (Å²) in [4.78, 5) is 29.2. The molecule has 2 fully saturated rings. The molecule has 1 aliphatic carbocycles. The van der Waals surface area contributed by atoms with Crippen molar-refractivity contribution in [1.82, 2.24) is 30.0 Å². The molecule has 1 saturated carbocycles. The van der Waals surface area contributed by atoms with Gasteiger partial charge in [-0.25, -0.2) is 4.68 Å². The number of aromatic nitrogens is 4. The van der Waals surface area contributed by atoms with Crippen molar-refractivity contribution in [3.8, 4) is 0 Å². The molecule has 0 bridgehead atoms. The molecular formula is C22H32N6O4. The van der Waals surface area contributed by atoms with Crippen molar-refractivity contribution in [1.29, 1.82) is 0 Å². The van der Waals surface area contributed by atoms with Gasteiger partial charge in [0.05, 0.1) is 24.4 Å². The highest BCUT2D eigenvalue weighted by Crippen LogP contribution is 2.56. The number of aryl methyl sites for hydroxylation is 1. The maximum Gasteiger partial charge on any atom is 0.276 e. The molecule has 174 valence electrons. The number of methoxy groups -OCH3 is 1. The zero-order chi connectivity index (χ0) is 22.9. The maximum atomic E-state index is 13.1. The van der Waals surface area contributed by atoms with Crippen LogP contribution >= 0.6 is 0 Å². The number of carbonyl (C=O) groups is 2. The van der Waals surface area contributed by atoms with Crippen molar-refractivity contribution < 1.29 is 18.8 Å². The molecule has 2 aromatic heterocycles. The number of amides is 2. The molecule has 0 aromatic carbocycles. The van der Waals surface area contributed by atoms with E-state index in [-0.39, 0.29) is 23.3 Å². The first-order chi connectivity index (χ1) is 15.4. The Bertz CT molecular complexity index is 971. The van der Waals surface area contributed by atoms with Gasteiger partial charge in [-0.3, -0.25) is 9.59 Å². The third kappa shape index (κ3) is 3.80. The van der Waals surface area contributed by atoms with E-state index < -0.39 is 0 Å². The average molecular weight is 445 g/mol. The first kappa shape index (κ1) is 22.4. The predicted octanol–water partition coefficient (Wildman–Crippen LogP) is 2.46. The quantitative estimate of drug-likeness (QED) is 0.646. The van der Waals surface area contributed by atoms with Crippen molar-refractivity contribution >= 4 is 11.8 Å². The fourth-order valence-corrected chi connectivity index (χ4v) is 5.06. The SMILES string of the molecule is CCN(CC)C(=O)c1cn(C2CCC23CCN(C(=O)c2noc(C)c2COC)CC3)nn1. The van der Waals surface area contributed by atoms with Gasteiger partial charge in [0.15, 0.2) is 11.4 Å². The Kier molecular flexibility index (Phi) is 6.32. The molecule has 2 aromatic rings. The zero-order valence-corrected chi connectivity index (χ0v) is 19.3. The molecule has 0 N–H and O–H groups in total. The average Bonchev–Trinajstić information content (AvgIpc) is 3.41. The molecule has 1 unspecified atom stereocenters. The lowest BCUT2D eigenvalue weighted by Gasteiger charge is -2.53. The summed E-state index contributed by atoms with van der Waals surface area (Å²) >= 11 is 0. The second-order valence-corrected chi connectivity index (χ2v) is 8.77. The standard InChI is InChI=1S/C22H32N6O4/c1-5-26(6-2)20(29)17-13-28(25-23-17)18-7-8-22(18)9-11-27(12-10-22)21(30)19-16(14-31-4)15(3)32-24-19/h13,18H,5-12,14H2,1-4H3. The van der Waals surface area contributed by atoms with Gasteiger partial charge < -0.3 is 19.1 Å². The highest BCUT2D eigenvalue weighted by molar-refractivity contribution is 5.94. The van der Waals surface area contributed by atoms with Gasteiger partial charge in [-0.05, 0) is 51.9 Å². The largest absolute Gasteiger partial charge is 0.380 e. The molecule has 1 saturated heterocycles. The van der Waals surface area contributed by atoms with E-state index in [1.54, 1.807) is 25.1 Å². The molecule has 4 rings (SSSR count). The van der Waals surface area contributed by atoms with Crippen LogP contribution in [0.3, 0.4) is 0 Å². The summed E-state index contributed by atoms with van der Waals surface area (Å²) in [6.07, 6.45) is 5.67. The van der Waals surface area contributed by atoms with Crippen LogP contribution in [-0.4, -0.2) is 75.1 Å². The Labute approximate surface area is 187 Å². The fourth-order valence-electron chi connectivity index (χ4n) is 5.06. The van der Waals surface area contributed by atoms with E-state index in [0.29, 0.717) is 55.5 Å². The van der Waals surface area contributed by atoms with E-state index in [9.17, 15) is 9.59 Å². The third-order valence-corrected chi connectivity index (χ3v) is 7.24. The molecule has 3 heterocycles. The van der Waals surface area contributed by atoms with Crippen LogP contribution in [0, 0.1) is 12.3 Å². The Balaban J connectivity index is 1.42. The summed E-state index contributed by atoms with van der Waals surface area (Å²) in [5.74, 6) is 0.432. The van der Waals surface area contributed by atoms with Crippen LogP contribution in [0.4, 0.5) is 0 Å². The Hall–Kier alpha value is -2.75. The molecule has 2 aliphatic rings. The monoisotopic (exact) mass is 444 g/mol. The number of likely N-dealkylation sites (tertiary alicyclic amines) is 1. The van der Waals surface area contributed by atoms with Gasteiger partial charge in [0.1, 0.15) is 5.76 Å². The number of hydrogen-bond donors (Lipinski definition) is 0. The van der Waals surface area contributed by atoms with Crippen molar-refractivity contribution in [2.45, 2.75) is 59.1 Å². The van der Waals surface area contributed by atoms with E-state index in [4.69, 9.17) is 9.26 Å².